The maximum absolute atomic E-state index is 13.4. The van der Waals surface area contributed by atoms with E-state index in [-0.39, 0.29) is 41.6 Å². The Balaban J connectivity index is 1.98. The summed E-state index contributed by atoms with van der Waals surface area (Å²) >= 11 is 0. The van der Waals surface area contributed by atoms with Crippen molar-refractivity contribution in [3.05, 3.63) is 56.2 Å². The summed E-state index contributed by atoms with van der Waals surface area (Å²) in [6, 6.07) is 6.35. The Hall–Kier alpha value is -3.69. The van der Waals surface area contributed by atoms with Crippen LogP contribution >= 0.6 is 0 Å². The van der Waals surface area contributed by atoms with Crippen LogP contribution in [0.2, 0.25) is 0 Å². The van der Waals surface area contributed by atoms with E-state index in [1.54, 1.807) is 12.1 Å². The van der Waals surface area contributed by atoms with Crippen molar-refractivity contribution in [3.63, 3.8) is 0 Å². The molecule has 0 saturated heterocycles. The zero-order chi connectivity index (χ0) is 24.3. The normalized spacial score (nSPS) is 13.0. The summed E-state index contributed by atoms with van der Waals surface area (Å²) in [6.45, 7) is 5.76. The van der Waals surface area contributed by atoms with Gasteiger partial charge in [-0.15, -0.1) is 0 Å². The molecule has 2 heterocycles. The van der Waals surface area contributed by atoms with Crippen molar-refractivity contribution in [3.8, 4) is 0 Å². The molecule has 0 bridgehead atoms. The van der Waals surface area contributed by atoms with E-state index in [4.69, 9.17) is 5.73 Å². The van der Waals surface area contributed by atoms with Crippen molar-refractivity contribution in [2.45, 2.75) is 46.6 Å². The summed E-state index contributed by atoms with van der Waals surface area (Å²) in [5.74, 6) is -1.68. The quantitative estimate of drug-likeness (QED) is 0.551. The minimum Gasteiger partial charge on any atom is -0.383 e. The van der Waals surface area contributed by atoms with Gasteiger partial charge in [0.05, 0.1) is 11.1 Å². The summed E-state index contributed by atoms with van der Waals surface area (Å²) in [4.78, 5) is 68.1. The number of fused-ring (bicyclic) bond motifs is 1. The standard InChI is InChI=1S/C23H29N5O5/c1-4-5-11-27-19(24)18(20(30)25-23(27)33)26(12-10-14(2)3)17(29)13-28-21(31)15-8-6-7-9-16(15)22(28)32/h6-9,14H,4-5,10-13,24H2,1-3H3,(H,25,30,33). The first-order valence-corrected chi connectivity index (χ1v) is 11.1. The Morgan fingerprint density at radius 3 is 2.24 bits per heavy atom. The predicted molar refractivity (Wildman–Crippen MR) is 124 cm³/mol. The van der Waals surface area contributed by atoms with Crippen molar-refractivity contribution >= 4 is 29.2 Å². The number of nitrogens with zero attached hydrogens (tertiary/aromatic N) is 3. The van der Waals surface area contributed by atoms with Crippen LogP contribution in [0.4, 0.5) is 11.5 Å². The van der Waals surface area contributed by atoms with Crippen LogP contribution in [0.15, 0.2) is 33.9 Å². The minimum absolute atomic E-state index is 0.114. The molecule has 10 heteroatoms. The molecule has 2 aromatic rings. The van der Waals surface area contributed by atoms with Gasteiger partial charge < -0.3 is 10.6 Å². The Kier molecular flexibility index (Phi) is 7.15. The highest BCUT2D eigenvalue weighted by Gasteiger charge is 2.37. The van der Waals surface area contributed by atoms with Crippen LogP contribution in [-0.2, 0) is 11.3 Å². The highest BCUT2D eigenvalue weighted by atomic mass is 16.2. The SMILES string of the molecule is CCCCn1c(N)c(N(CCC(C)C)C(=O)CN2C(=O)c3ccccc3C2=O)c(=O)[nH]c1=O. The lowest BCUT2D eigenvalue weighted by atomic mass is 10.1. The number of hydrogen-bond acceptors (Lipinski definition) is 6. The van der Waals surface area contributed by atoms with E-state index in [9.17, 15) is 24.0 Å². The summed E-state index contributed by atoms with van der Waals surface area (Å²) in [7, 11) is 0. The van der Waals surface area contributed by atoms with Gasteiger partial charge in [-0.25, -0.2) is 4.79 Å². The molecule has 1 aromatic carbocycles. The number of carbonyl (C=O) groups is 3. The number of aromatic amines is 1. The lowest BCUT2D eigenvalue weighted by Crippen LogP contribution is -2.47. The second-order valence-corrected chi connectivity index (χ2v) is 8.47. The fraction of sp³-hybridized carbons (Fsp3) is 0.435. The van der Waals surface area contributed by atoms with Crippen LogP contribution in [-0.4, -0.2) is 45.3 Å². The van der Waals surface area contributed by atoms with Crippen molar-refractivity contribution in [2.75, 3.05) is 23.7 Å². The Morgan fingerprint density at radius 1 is 1.09 bits per heavy atom. The lowest BCUT2D eigenvalue weighted by molar-refractivity contribution is -0.119. The molecule has 1 aromatic heterocycles. The number of H-pyrrole nitrogens is 1. The first-order valence-electron chi connectivity index (χ1n) is 11.1. The van der Waals surface area contributed by atoms with Crippen LogP contribution in [0.25, 0.3) is 0 Å². The number of benzene rings is 1. The number of rotatable bonds is 9. The number of imide groups is 1. The van der Waals surface area contributed by atoms with Crippen LogP contribution in [0.3, 0.4) is 0 Å². The van der Waals surface area contributed by atoms with Gasteiger partial charge in [0.25, 0.3) is 17.4 Å². The maximum Gasteiger partial charge on any atom is 0.330 e. The van der Waals surface area contributed by atoms with E-state index in [1.807, 2.05) is 20.8 Å². The third kappa shape index (κ3) is 4.74. The molecular weight excluding hydrogens is 426 g/mol. The molecule has 33 heavy (non-hydrogen) atoms. The fourth-order valence-electron chi connectivity index (χ4n) is 3.73. The fourth-order valence-corrected chi connectivity index (χ4v) is 3.73. The van der Waals surface area contributed by atoms with Gasteiger partial charge in [0.1, 0.15) is 12.4 Å². The number of carbonyl (C=O) groups excluding carboxylic acids is 3. The molecule has 3 N–H and O–H groups in total. The number of nitrogens with one attached hydrogen (secondary N) is 1. The van der Waals surface area contributed by atoms with Gasteiger partial charge in [0, 0.05) is 13.1 Å². The molecule has 0 radical (unpaired) electrons. The number of unbranched alkanes of at least 4 members (excludes halogenated alkanes) is 1. The molecule has 3 amide bonds. The molecule has 1 aliphatic rings. The van der Waals surface area contributed by atoms with E-state index in [0.29, 0.717) is 12.8 Å². The van der Waals surface area contributed by atoms with Crippen LogP contribution in [0, 0.1) is 5.92 Å². The van der Waals surface area contributed by atoms with E-state index in [0.717, 1.165) is 11.3 Å². The van der Waals surface area contributed by atoms with Gasteiger partial charge in [-0.3, -0.25) is 33.6 Å². The molecule has 0 aliphatic carbocycles. The lowest BCUT2D eigenvalue weighted by Gasteiger charge is -2.26. The van der Waals surface area contributed by atoms with E-state index in [1.165, 1.54) is 21.6 Å². The average molecular weight is 456 g/mol. The molecule has 10 nitrogen and oxygen atoms in total. The molecule has 1 aliphatic heterocycles. The largest absolute Gasteiger partial charge is 0.383 e. The maximum atomic E-state index is 13.4. The third-order valence-corrected chi connectivity index (χ3v) is 5.62. The average Bonchev–Trinajstić information content (AvgIpc) is 3.00. The van der Waals surface area contributed by atoms with Crippen molar-refractivity contribution in [1.82, 2.24) is 14.5 Å². The van der Waals surface area contributed by atoms with Crippen molar-refractivity contribution in [2.24, 2.45) is 5.92 Å². The predicted octanol–water partition coefficient (Wildman–Crippen LogP) is 1.59. The smallest absolute Gasteiger partial charge is 0.330 e. The molecule has 0 unspecified atom stereocenters. The molecule has 3 rings (SSSR count). The Labute approximate surface area is 191 Å². The van der Waals surface area contributed by atoms with Gasteiger partial charge in [0.15, 0.2) is 5.69 Å². The third-order valence-electron chi connectivity index (χ3n) is 5.62. The first-order chi connectivity index (χ1) is 15.7. The first kappa shape index (κ1) is 24.0. The molecule has 0 spiro atoms. The van der Waals surface area contributed by atoms with Gasteiger partial charge in [-0.1, -0.05) is 39.3 Å². The molecule has 176 valence electrons. The number of amides is 3. The second kappa shape index (κ2) is 9.85. The molecular formula is C23H29N5O5. The zero-order valence-electron chi connectivity index (χ0n) is 19.1. The summed E-state index contributed by atoms with van der Waals surface area (Å²) in [5, 5.41) is 0. The molecule has 0 fully saturated rings. The monoisotopic (exact) mass is 455 g/mol. The van der Waals surface area contributed by atoms with Crippen LogP contribution < -0.4 is 21.9 Å². The Morgan fingerprint density at radius 2 is 1.70 bits per heavy atom. The van der Waals surface area contributed by atoms with E-state index >= 15 is 0 Å². The number of anilines is 2. The highest BCUT2D eigenvalue weighted by Crippen LogP contribution is 2.24. The molecule has 0 saturated carbocycles. The molecule has 0 atom stereocenters. The van der Waals surface area contributed by atoms with Gasteiger partial charge >= 0.3 is 5.69 Å². The van der Waals surface area contributed by atoms with Crippen LogP contribution in [0.5, 0.6) is 0 Å². The van der Waals surface area contributed by atoms with E-state index in [2.05, 4.69) is 4.98 Å². The Bertz CT molecular complexity index is 1160. The van der Waals surface area contributed by atoms with E-state index < -0.39 is 35.5 Å². The van der Waals surface area contributed by atoms with Gasteiger partial charge in [-0.05, 0) is 30.9 Å². The van der Waals surface area contributed by atoms with Gasteiger partial charge in [0.2, 0.25) is 5.91 Å². The second-order valence-electron chi connectivity index (χ2n) is 8.47. The summed E-state index contributed by atoms with van der Waals surface area (Å²) < 4.78 is 1.23. The zero-order valence-corrected chi connectivity index (χ0v) is 19.1. The summed E-state index contributed by atoms with van der Waals surface area (Å²) in [6.07, 6.45) is 2.00. The minimum atomic E-state index is -0.787. The number of nitrogen functional groups attached to an aromatic ring is 1. The highest BCUT2D eigenvalue weighted by molar-refractivity contribution is 6.22. The summed E-state index contributed by atoms with van der Waals surface area (Å²) in [5.41, 5.74) is 5.09. The van der Waals surface area contributed by atoms with Crippen LogP contribution in [0.1, 0.15) is 60.7 Å². The van der Waals surface area contributed by atoms with Gasteiger partial charge in [-0.2, -0.15) is 0 Å². The van der Waals surface area contributed by atoms with Crippen molar-refractivity contribution < 1.29 is 14.4 Å². The van der Waals surface area contributed by atoms with Crippen molar-refractivity contribution in [1.29, 1.82) is 0 Å². The number of aromatic nitrogens is 2. The number of nitrogens with two attached hydrogens (primary N) is 1. The topological polar surface area (TPSA) is 139 Å². The number of hydrogen-bond donors (Lipinski definition) is 2.